The molecule has 0 atom stereocenters. The number of benzene rings is 1. The van der Waals surface area contributed by atoms with Crippen LogP contribution in [0.1, 0.15) is 37.2 Å². The van der Waals surface area contributed by atoms with Crippen LogP contribution in [0.25, 0.3) is 28.2 Å². The SMILES string of the molecule is Cc1c(-c2nc(C3(N)CCCC3)no2)nnn1-c1ccc2ncccc2c1. The fourth-order valence-electron chi connectivity index (χ4n) is 3.72. The lowest BCUT2D eigenvalue weighted by Crippen LogP contribution is -2.34. The molecule has 1 saturated carbocycles. The van der Waals surface area contributed by atoms with E-state index in [4.69, 9.17) is 10.3 Å². The van der Waals surface area contributed by atoms with Gasteiger partial charge in [0.15, 0.2) is 11.5 Å². The van der Waals surface area contributed by atoms with E-state index in [-0.39, 0.29) is 0 Å². The Bertz CT molecular complexity index is 1120. The van der Waals surface area contributed by atoms with Crippen molar-refractivity contribution >= 4 is 10.9 Å². The molecule has 0 saturated heterocycles. The minimum Gasteiger partial charge on any atom is -0.332 e. The number of pyridine rings is 1. The molecule has 4 aromatic rings. The van der Waals surface area contributed by atoms with E-state index in [1.54, 1.807) is 10.9 Å². The molecule has 1 aliphatic carbocycles. The maximum absolute atomic E-state index is 6.43. The normalized spacial score (nSPS) is 16.2. The second kappa shape index (κ2) is 5.95. The molecule has 136 valence electrons. The molecule has 1 aromatic carbocycles. The van der Waals surface area contributed by atoms with Crippen molar-refractivity contribution in [3.05, 3.63) is 48.0 Å². The van der Waals surface area contributed by atoms with Crippen LogP contribution in [0.2, 0.25) is 0 Å². The highest BCUT2D eigenvalue weighted by Crippen LogP contribution is 2.35. The zero-order valence-corrected chi connectivity index (χ0v) is 15.0. The first-order chi connectivity index (χ1) is 13.1. The minimum atomic E-state index is -0.489. The molecule has 3 aromatic heterocycles. The van der Waals surface area contributed by atoms with Crippen LogP contribution < -0.4 is 5.73 Å². The summed E-state index contributed by atoms with van der Waals surface area (Å²) in [5, 5.41) is 13.7. The molecule has 0 amide bonds. The second-order valence-electron chi connectivity index (χ2n) is 7.10. The van der Waals surface area contributed by atoms with Crippen LogP contribution >= 0.6 is 0 Å². The van der Waals surface area contributed by atoms with Gasteiger partial charge >= 0.3 is 0 Å². The van der Waals surface area contributed by atoms with Gasteiger partial charge in [-0.2, -0.15) is 4.98 Å². The fourth-order valence-corrected chi connectivity index (χ4v) is 3.72. The number of hydrogen-bond donors (Lipinski definition) is 1. The van der Waals surface area contributed by atoms with Gasteiger partial charge in [0.05, 0.1) is 22.4 Å². The number of fused-ring (bicyclic) bond motifs is 1. The summed E-state index contributed by atoms with van der Waals surface area (Å²) >= 11 is 0. The van der Waals surface area contributed by atoms with Gasteiger partial charge in [0.25, 0.3) is 5.89 Å². The van der Waals surface area contributed by atoms with E-state index in [9.17, 15) is 0 Å². The summed E-state index contributed by atoms with van der Waals surface area (Å²) in [7, 11) is 0. The molecular weight excluding hydrogens is 342 g/mol. The Labute approximate surface area is 155 Å². The monoisotopic (exact) mass is 361 g/mol. The summed E-state index contributed by atoms with van der Waals surface area (Å²) in [5.74, 6) is 0.911. The van der Waals surface area contributed by atoms with Crippen LogP contribution in [0, 0.1) is 6.92 Å². The highest BCUT2D eigenvalue weighted by atomic mass is 16.5. The zero-order chi connectivity index (χ0) is 18.4. The Hall–Kier alpha value is -3.13. The van der Waals surface area contributed by atoms with Gasteiger partial charge in [0, 0.05) is 11.6 Å². The van der Waals surface area contributed by atoms with Crippen molar-refractivity contribution in [1.82, 2.24) is 30.1 Å². The third-order valence-electron chi connectivity index (χ3n) is 5.30. The third kappa shape index (κ3) is 2.60. The number of nitrogens with zero attached hydrogens (tertiary/aromatic N) is 6. The molecule has 1 aliphatic rings. The molecule has 3 heterocycles. The summed E-state index contributed by atoms with van der Waals surface area (Å²) in [6.07, 6.45) is 5.72. The van der Waals surface area contributed by atoms with Crippen LogP contribution in [0.15, 0.2) is 41.1 Å². The molecule has 8 heteroatoms. The van der Waals surface area contributed by atoms with E-state index in [1.807, 2.05) is 37.3 Å². The molecule has 0 radical (unpaired) electrons. The molecule has 27 heavy (non-hydrogen) atoms. The summed E-state index contributed by atoms with van der Waals surface area (Å²) in [4.78, 5) is 8.87. The molecule has 1 fully saturated rings. The smallest absolute Gasteiger partial charge is 0.280 e. The average molecular weight is 361 g/mol. The van der Waals surface area contributed by atoms with Crippen molar-refractivity contribution in [2.24, 2.45) is 5.73 Å². The number of rotatable bonds is 3. The van der Waals surface area contributed by atoms with E-state index in [1.165, 1.54) is 0 Å². The Kier molecular flexibility index (Phi) is 3.54. The van der Waals surface area contributed by atoms with E-state index >= 15 is 0 Å². The third-order valence-corrected chi connectivity index (χ3v) is 5.30. The number of nitrogens with two attached hydrogens (primary N) is 1. The van der Waals surface area contributed by atoms with Gasteiger partial charge in [0.2, 0.25) is 0 Å². The van der Waals surface area contributed by atoms with Gasteiger partial charge in [-0.05, 0) is 44.0 Å². The Morgan fingerprint density at radius 3 is 2.89 bits per heavy atom. The van der Waals surface area contributed by atoms with Crippen LogP contribution in [0.5, 0.6) is 0 Å². The Morgan fingerprint density at radius 2 is 2.04 bits per heavy atom. The fraction of sp³-hybridized carbons (Fsp3) is 0.316. The number of aromatic nitrogens is 6. The summed E-state index contributed by atoms with van der Waals surface area (Å²) < 4.78 is 7.22. The summed E-state index contributed by atoms with van der Waals surface area (Å²) in [6, 6.07) is 9.89. The predicted octanol–water partition coefficient (Wildman–Crippen LogP) is 2.90. The molecule has 0 aliphatic heterocycles. The van der Waals surface area contributed by atoms with Crippen molar-refractivity contribution in [3.8, 4) is 17.3 Å². The molecule has 0 bridgehead atoms. The van der Waals surface area contributed by atoms with Gasteiger partial charge in [-0.15, -0.1) is 5.10 Å². The quantitative estimate of drug-likeness (QED) is 0.597. The largest absolute Gasteiger partial charge is 0.332 e. The lowest BCUT2D eigenvalue weighted by atomic mass is 9.99. The molecule has 0 spiro atoms. The topological polar surface area (TPSA) is 109 Å². The summed E-state index contributed by atoms with van der Waals surface area (Å²) in [5.41, 5.74) is 9.17. The molecule has 5 rings (SSSR count). The first-order valence-corrected chi connectivity index (χ1v) is 9.05. The highest BCUT2D eigenvalue weighted by Gasteiger charge is 2.36. The van der Waals surface area contributed by atoms with Crippen molar-refractivity contribution in [1.29, 1.82) is 0 Å². The predicted molar refractivity (Wildman–Crippen MR) is 99.0 cm³/mol. The zero-order valence-electron chi connectivity index (χ0n) is 15.0. The standard InChI is InChI=1S/C19H19N7O/c1-12-16(17-22-18(24-27-17)19(20)8-2-3-9-19)23-25-26(12)14-6-7-15-13(11-14)5-4-10-21-15/h4-7,10-11H,2-3,8-9,20H2,1H3. The molecular formula is C19H19N7O. The minimum absolute atomic E-state index is 0.355. The maximum atomic E-state index is 6.43. The van der Waals surface area contributed by atoms with E-state index in [0.29, 0.717) is 17.4 Å². The van der Waals surface area contributed by atoms with Gasteiger partial charge in [-0.3, -0.25) is 4.98 Å². The van der Waals surface area contributed by atoms with Gasteiger partial charge in [-0.25, -0.2) is 4.68 Å². The first-order valence-electron chi connectivity index (χ1n) is 9.05. The van der Waals surface area contributed by atoms with Crippen molar-refractivity contribution < 1.29 is 4.52 Å². The van der Waals surface area contributed by atoms with Crippen LogP contribution in [-0.2, 0) is 5.54 Å². The van der Waals surface area contributed by atoms with Crippen LogP contribution in [-0.4, -0.2) is 30.1 Å². The molecule has 8 nitrogen and oxygen atoms in total. The van der Waals surface area contributed by atoms with Crippen molar-refractivity contribution in [2.45, 2.75) is 38.1 Å². The van der Waals surface area contributed by atoms with Crippen molar-refractivity contribution in [2.75, 3.05) is 0 Å². The first kappa shape index (κ1) is 16.1. The highest BCUT2D eigenvalue weighted by molar-refractivity contribution is 5.80. The second-order valence-corrected chi connectivity index (χ2v) is 7.10. The molecule has 0 unspecified atom stereocenters. The van der Waals surface area contributed by atoms with Gasteiger partial charge < -0.3 is 10.3 Å². The molecule has 2 N–H and O–H groups in total. The Balaban J connectivity index is 1.52. The van der Waals surface area contributed by atoms with Crippen molar-refractivity contribution in [3.63, 3.8) is 0 Å². The van der Waals surface area contributed by atoms with E-state index < -0.39 is 5.54 Å². The van der Waals surface area contributed by atoms with Gasteiger partial charge in [0.1, 0.15) is 0 Å². The lowest BCUT2D eigenvalue weighted by Gasteiger charge is -2.17. The van der Waals surface area contributed by atoms with E-state index in [2.05, 4.69) is 25.4 Å². The van der Waals surface area contributed by atoms with E-state index in [0.717, 1.165) is 48.0 Å². The maximum Gasteiger partial charge on any atom is 0.280 e. The number of hydrogen-bond acceptors (Lipinski definition) is 7. The summed E-state index contributed by atoms with van der Waals surface area (Å²) in [6.45, 7) is 1.93. The van der Waals surface area contributed by atoms with Crippen LogP contribution in [0.4, 0.5) is 0 Å². The average Bonchev–Trinajstić information content (AvgIpc) is 3.41. The lowest BCUT2D eigenvalue weighted by molar-refractivity contribution is 0.372. The Morgan fingerprint density at radius 1 is 1.19 bits per heavy atom. The van der Waals surface area contributed by atoms with Gasteiger partial charge in [-0.1, -0.05) is 29.3 Å². The van der Waals surface area contributed by atoms with Crippen LogP contribution in [0.3, 0.4) is 0 Å².